The summed E-state index contributed by atoms with van der Waals surface area (Å²) >= 11 is 0. The maximum absolute atomic E-state index is 11.4. The van der Waals surface area contributed by atoms with Gasteiger partial charge in [0.05, 0.1) is 12.9 Å². The Kier molecular flexibility index (Phi) is 3.08. The molecule has 1 atom stereocenters. The lowest BCUT2D eigenvalue weighted by Crippen LogP contribution is -2.35. The highest BCUT2D eigenvalue weighted by molar-refractivity contribution is 5.92. The van der Waals surface area contributed by atoms with Crippen LogP contribution in [0.1, 0.15) is 23.0 Å². The molecule has 0 saturated carbocycles. The van der Waals surface area contributed by atoms with E-state index in [0.717, 1.165) is 5.56 Å². The Morgan fingerprint density at radius 2 is 2.46 bits per heavy atom. The van der Waals surface area contributed by atoms with Gasteiger partial charge in [-0.3, -0.25) is 4.79 Å². The smallest absolute Gasteiger partial charge is 0.287 e. The van der Waals surface area contributed by atoms with Gasteiger partial charge in [-0.25, -0.2) is 0 Å². The molecule has 0 spiro atoms. The second-order valence-corrected chi connectivity index (χ2v) is 2.99. The van der Waals surface area contributed by atoms with Crippen molar-refractivity contribution in [3.63, 3.8) is 0 Å². The summed E-state index contributed by atoms with van der Waals surface area (Å²) in [5, 5.41) is 11.3. The van der Waals surface area contributed by atoms with Crippen molar-refractivity contribution >= 4 is 5.91 Å². The fraction of sp³-hybridized carbons (Fsp3) is 0.444. The number of aryl methyl sites for hydroxylation is 1. The first-order valence-corrected chi connectivity index (χ1v) is 4.11. The van der Waals surface area contributed by atoms with E-state index in [1.54, 1.807) is 19.9 Å². The van der Waals surface area contributed by atoms with Crippen LogP contribution in [0.2, 0.25) is 0 Å². The van der Waals surface area contributed by atoms with Crippen molar-refractivity contribution in [2.24, 2.45) is 0 Å². The molecule has 0 radical (unpaired) electrons. The van der Waals surface area contributed by atoms with E-state index in [1.165, 1.54) is 6.26 Å². The number of hydrogen-bond donors (Lipinski definition) is 2. The van der Waals surface area contributed by atoms with Gasteiger partial charge in [0.1, 0.15) is 0 Å². The van der Waals surface area contributed by atoms with Gasteiger partial charge in [-0.1, -0.05) is 0 Å². The van der Waals surface area contributed by atoms with E-state index < -0.39 is 0 Å². The summed E-state index contributed by atoms with van der Waals surface area (Å²) in [6, 6.07) is 1.47. The van der Waals surface area contributed by atoms with Crippen LogP contribution in [0.5, 0.6) is 0 Å². The second-order valence-electron chi connectivity index (χ2n) is 2.99. The number of hydrogen-bond acceptors (Lipinski definition) is 3. The predicted octanol–water partition coefficient (Wildman–Crippen LogP) is 0.699. The number of carbonyl (C=O) groups is 1. The number of nitrogens with one attached hydrogen (secondary N) is 1. The monoisotopic (exact) mass is 183 g/mol. The van der Waals surface area contributed by atoms with Crippen molar-refractivity contribution in [3.05, 3.63) is 23.7 Å². The molecule has 0 saturated heterocycles. The molecule has 1 rings (SSSR count). The van der Waals surface area contributed by atoms with Gasteiger partial charge in [-0.2, -0.15) is 0 Å². The number of aliphatic hydroxyl groups is 1. The molecule has 2 N–H and O–H groups in total. The molecule has 72 valence electrons. The van der Waals surface area contributed by atoms with Crippen LogP contribution in [-0.4, -0.2) is 23.7 Å². The van der Waals surface area contributed by atoms with Crippen LogP contribution in [-0.2, 0) is 0 Å². The molecule has 13 heavy (non-hydrogen) atoms. The van der Waals surface area contributed by atoms with E-state index in [2.05, 4.69) is 5.32 Å². The second kappa shape index (κ2) is 4.09. The Bertz CT molecular complexity index is 293. The number of aliphatic hydroxyl groups excluding tert-OH is 1. The van der Waals surface area contributed by atoms with Gasteiger partial charge in [-0.15, -0.1) is 0 Å². The normalized spacial score (nSPS) is 12.5. The van der Waals surface area contributed by atoms with E-state index in [1.807, 2.05) is 0 Å². The molecule has 1 amide bonds. The highest BCUT2D eigenvalue weighted by atomic mass is 16.3. The van der Waals surface area contributed by atoms with E-state index in [9.17, 15) is 4.79 Å². The molecule has 0 unspecified atom stereocenters. The summed E-state index contributed by atoms with van der Waals surface area (Å²) in [4.78, 5) is 11.4. The zero-order chi connectivity index (χ0) is 9.84. The van der Waals surface area contributed by atoms with E-state index >= 15 is 0 Å². The van der Waals surface area contributed by atoms with Gasteiger partial charge < -0.3 is 14.8 Å². The summed E-state index contributed by atoms with van der Waals surface area (Å²) < 4.78 is 4.98. The Hall–Kier alpha value is -1.29. The van der Waals surface area contributed by atoms with Crippen molar-refractivity contribution in [1.82, 2.24) is 5.32 Å². The van der Waals surface area contributed by atoms with Crippen LogP contribution in [0.25, 0.3) is 0 Å². The Morgan fingerprint density at radius 3 is 2.92 bits per heavy atom. The quantitative estimate of drug-likeness (QED) is 0.725. The van der Waals surface area contributed by atoms with E-state index in [4.69, 9.17) is 9.52 Å². The summed E-state index contributed by atoms with van der Waals surface area (Å²) in [7, 11) is 0. The van der Waals surface area contributed by atoms with Crippen molar-refractivity contribution in [2.45, 2.75) is 19.9 Å². The Balaban J connectivity index is 2.64. The van der Waals surface area contributed by atoms with Crippen LogP contribution < -0.4 is 5.32 Å². The lowest BCUT2D eigenvalue weighted by atomic mass is 10.2. The lowest BCUT2D eigenvalue weighted by Gasteiger charge is -2.09. The maximum Gasteiger partial charge on any atom is 0.287 e. The van der Waals surface area contributed by atoms with Gasteiger partial charge in [0.2, 0.25) is 0 Å². The topological polar surface area (TPSA) is 62.5 Å². The third-order valence-corrected chi connectivity index (χ3v) is 1.72. The number of amides is 1. The molecule has 0 fully saturated rings. The number of furan rings is 1. The largest absolute Gasteiger partial charge is 0.459 e. The fourth-order valence-corrected chi connectivity index (χ4v) is 0.940. The molecule has 4 nitrogen and oxygen atoms in total. The summed E-state index contributed by atoms with van der Waals surface area (Å²) in [6.07, 6.45) is 1.47. The molecule has 0 bridgehead atoms. The van der Waals surface area contributed by atoms with Crippen LogP contribution in [0.15, 0.2) is 16.7 Å². The minimum absolute atomic E-state index is 0.0779. The van der Waals surface area contributed by atoms with Crippen molar-refractivity contribution < 1.29 is 14.3 Å². The van der Waals surface area contributed by atoms with Crippen LogP contribution in [0.4, 0.5) is 0 Å². The standard InChI is InChI=1S/C9H13NO3/c1-6-3-4-13-8(6)9(12)10-7(2)5-11/h3-4,7,11H,5H2,1-2H3,(H,10,12)/t7-/m1/s1. The zero-order valence-corrected chi connectivity index (χ0v) is 7.70. The summed E-state index contributed by atoms with van der Waals surface area (Å²) in [5.74, 6) is 0.0179. The van der Waals surface area contributed by atoms with Gasteiger partial charge in [0.15, 0.2) is 5.76 Å². The minimum Gasteiger partial charge on any atom is -0.459 e. The molecular formula is C9H13NO3. The summed E-state index contributed by atoms with van der Waals surface area (Å²) in [5.41, 5.74) is 0.794. The van der Waals surface area contributed by atoms with Crippen LogP contribution in [0, 0.1) is 6.92 Å². The Labute approximate surface area is 76.6 Å². The molecule has 0 aliphatic carbocycles. The number of rotatable bonds is 3. The SMILES string of the molecule is Cc1ccoc1C(=O)N[C@H](C)CO. The van der Waals surface area contributed by atoms with Gasteiger partial charge in [-0.05, 0) is 19.9 Å². The molecule has 0 aliphatic heterocycles. The first-order valence-electron chi connectivity index (χ1n) is 4.11. The number of carbonyl (C=O) groups excluding carboxylic acids is 1. The lowest BCUT2D eigenvalue weighted by molar-refractivity contribution is 0.0893. The fourth-order valence-electron chi connectivity index (χ4n) is 0.940. The van der Waals surface area contributed by atoms with Crippen molar-refractivity contribution in [3.8, 4) is 0 Å². The molecular weight excluding hydrogens is 170 g/mol. The zero-order valence-electron chi connectivity index (χ0n) is 7.70. The summed E-state index contributed by atoms with van der Waals surface area (Å²) in [6.45, 7) is 3.43. The highest BCUT2D eigenvalue weighted by Gasteiger charge is 2.13. The molecule has 0 aromatic carbocycles. The average molecular weight is 183 g/mol. The first-order chi connectivity index (χ1) is 6.15. The molecule has 1 heterocycles. The molecule has 1 aromatic rings. The van der Waals surface area contributed by atoms with E-state index in [0.29, 0.717) is 5.76 Å². The van der Waals surface area contributed by atoms with E-state index in [-0.39, 0.29) is 18.6 Å². The maximum atomic E-state index is 11.4. The van der Waals surface area contributed by atoms with Crippen molar-refractivity contribution in [2.75, 3.05) is 6.61 Å². The van der Waals surface area contributed by atoms with Crippen LogP contribution >= 0.6 is 0 Å². The molecule has 0 aliphatic rings. The Morgan fingerprint density at radius 1 is 1.77 bits per heavy atom. The minimum atomic E-state index is -0.288. The third kappa shape index (κ3) is 2.32. The highest BCUT2D eigenvalue weighted by Crippen LogP contribution is 2.08. The third-order valence-electron chi connectivity index (χ3n) is 1.72. The van der Waals surface area contributed by atoms with Gasteiger partial charge in [0.25, 0.3) is 5.91 Å². The van der Waals surface area contributed by atoms with Crippen molar-refractivity contribution in [1.29, 1.82) is 0 Å². The molecule has 4 heteroatoms. The first kappa shape index (κ1) is 9.80. The average Bonchev–Trinajstić information content (AvgIpc) is 2.51. The van der Waals surface area contributed by atoms with Crippen LogP contribution in [0.3, 0.4) is 0 Å². The molecule has 1 aromatic heterocycles. The van der Waals surface area contributed by atoms with Gasteiger partial charge in [0, 0.05) is 11.6 Å². The predicted molar refractivity (Wildman–Crippen MR) is 47.5 cm³/mol. The van der Waals surface area contributed by atoms with Gasteiger partial charge >= 0.3 is 0 Å².